The zero-order chi connectivity index (χ0) is 23.6. The number of anilines is 1. The Morgan fingerprint density at radius 1 is 1.19 bits per heavy atom. The van der Waals surface area contributed by atoms with Crippen LogP contribution in [0.5, 0.6) is 11.5 Å². The molecule has 2 amide bonds. The highest BCUT2D eigenvalue weighted by Crippen LogP contribution is 2.40. The number of aliphatic hydroxyl groups excluding tert-OH is 1. The van der Waals surface area contributed by atoms with Crippen molar-refractivity contribution >= 4 is 26.0 Å². The maximum absolute atomic E-state index is 13.4. The van der Waals surface area contributed by atoms with Crippen LogP contribution >= 0.6 is 0 Å². The van der Waals surface area contributed by atoms with Crippen molar-refractivity contribution in [2.45, 2.75) is 57.5 Å². The highest BCUT2D eigenvalue weighted by atomic mass is 28.4. The Balaban J connectivity index is 2.38. The monoisotopic (exact) mass is 454 g/mol. The SMILES string of the molecule is COc1cc(NC(=O)O)c(C(=O)N2CC[C@H](O[Si](C)(C)C(C)(C)C)[C@H]2CO)cc1OC. The molecular weight excluding hydrogens is 420 g/mol. The van der Waals surface area contributed by atoms with Crippen molar-refractivity contribution in [3.8, 4) is 11.5 Å². The van der Waals surface area contributed by atoms with Gasteiger partial charge in [0.1, 0.15) is 0 Å². The first-order valence-corrected chi connectivity index (χ1v) is 13.1. The van der Waals surface area contributed by atoms with Crippen LogP contribution in [0.1, 0.15) is 37.6 Å². The molecule has 0 spiro atoms. The lowest BCUT2D eigenvalue weighted by Gasteiger charge is -2.40. The van der Waals surface area contributed by atoms with Gasteiger partial charge in [-0.2, -0.15) is 0 Å². The van der Waals surface area contributed by atoms with Gasteiger partial charge in [-0.3, -0.25) is 10.1 Å². The Labute approximate surface area is 184 Å². The number of nitrogens with zero attached hydrogens (tertiary/aromatic N) is 1. The summed E-state index contributed by atoms with van der Waals surface area (Å²) in [7, 11) is 0.755. The quantitative estimate of drug-likeness (QED) is 0.541. The fourth-order valence-corrected chi connectivity index (χ4v) is 4.80. The second kappa shape index (κ2) is 9.45. The van der Waals surface area contributed by atoms with Gasteiger partial charge in [-0.15, -0.1) is 0 Å². The molecule has 2 atom stereocenters. The Hall–Kier alpha value is -2.30. The molecule has 0 unspecified atom stereocenters. The van der Waals surface area contributed by atoms with E-state index in [1.54, 1.807) is 4.90 Å². The molecule has 1 heterocycles. The summed E-state index contributed by atoms with van der Waals surface area (Å²) in [5.41, 5.74) is 0.201. The zero-order valence-electron chi connectivity index (χ0n) is 19.3. The lowest BCUT2D eigenvalue weighted by atomic mass is 10.1. The van der Waals surface area contributed by atoms with E-state index in [0.29, 0.717) is 24.5 Å². The number of likely N-dealkylation sites (tertiary alicyclic amines) is 1. The molecule has 0 radical (unpaired) electrons. The van der Waals surface area contributed by atoms with Gasteiger partial charge in [0.05, 0.1) is 44.2 Å². The molecule has 1 saturated heterocycles. The number of nitrogens with one attached hydrogen (secondary N) is 1. The molecule has 174 valence electrons. The van der Waals surface area contributed by atoms with E-state index in [2.05, 4.69) is 39.2 Å². The van der Waals surface area contributed by atoms with Crippen LogP contribution < -0.4 is 14.8 Å². The third-order valence-electron chi connectivity index (χ3n) is 6.18. The summed E-state index contributed by atoms with van der Waals surface area (Å²) in [4.78, 5) is 26.3. The Morgan fingerprint density at radius 2 is 1.77 bits per heavy atom. The predicted octanol–water partition coefficient (Wildman–Crippen LogP) is 3.39. The number of carbonyl (C=O) groups excluding carboxylic acids is 1. The molecule has 1 aromatic carbocycles. The molecule has 9 nitrogen and oxygen atoms in total. The summed E-state index contributed by atoms with van der Waals surface area (Å²) in [6, 6.07) is 2.34. The fraction of sp³-hybridized carbons (Fsp3) is 0.619. The maximum atomic E-state index is 13.4. The van der Waals surface area contributed by atoms with Crippen LogP contribution in [-0.2, 0) is 4.43 Å². The van der Waals surface area contributed by atoms with Crippen molar-refractivity contribution in [1.82, 2.24) is 4.90 Å². The largest absolute Gasteiger partial charge is 0.493 e. The first-order chi connectivity index (χ1) is 14.4. The van der Waals surface area contributed by atoms with E-state index in [4.69, 9.17) is 13.9 Å². The number of rotatable bonds is 7. The second-order valence-corrected chi connectivity index (χ2v) is 13.9. The topological polar surface area (TPSA) is 118 Å². The number of carbonyl (C=O) groups is 2. The summed E-state index contributed by atoms with van der Waals surface area (Å²) in [5, 5.41) is 21.5. The number of methoxy groups -OCH3 is 2. The lowest BCUT2D eigenvalue weighted by Crippen LogP contribution is -2.49. The van der Waals surface area contributed by atoms with Crippen molar-refractivity contribution in [2.24, 2.45) is 0 Å². The number of aliphatic hydroxyl groups is 1. The van der Waals surface area contributed by atoms with Gasteiger partial charge < -0.3 is 29.0 Å². The number of carboxylic acid groups (broad SMARTS) is 1. The molecular formula is C21H34N2O7Si. The Bertz CT molecular complexity index is 823. The average molecular weight is 455 g/mol. The lowest BCUT2D eigenvalue weighted by molar-refractivity contribution is 0.0519. The summed E-state index contributed by atoms with van der Waals surface area (Å²) >= 11 is 0. The van der Waals surface area contributed by atoms with Crippen LogP contribution in [0, 0.1) is 0 Å². The number of ether oxygens (including phenoxy) is 2. The minimum absolute atomic E-state index is 0.00758. The average Bonchev–Trinajstić information content (AvgIpc) is 3.07. The molecule has 10 heteroatoms. The van der Waals surface area contributed by atoms with Gasteiger partial charge in [0, 0.05) is 12.6 Å². The maximum Gasteiger partial charge on any atom is 0.409 e. The Morgan fingerprint density at radius 3 is 2.26 bits per heavy atom. The highest BCUT2D eigenvalue weighted by molar-refractivity contribution is 6.74. The molecule has 0 aromatic heterocycles. The highest BCUT2D eigenvalue weighted by Gasteiger charge is 2.45. The molecule has 31 heavy (non-hydrogen) atoms. The third-order valence-corrected chi connectivity index (χ3v) is 10.7. The van der Waals surface area contributed by atoms with Crippen LogP contribution in [0.2, 0.25) is 18.1 Å². The van der Waals surface area contributed by atoms with Crippen LogP contribution in [0.15, 0.2) is 12.1 Å². The first-order valence-electron chi connectivity index (χ1n) is 10.2. The number of benzene rings is 1. The van der Waals surface area contributed by atoms with Gasteiger partial charge >= 0.3 is 6.09 Å². The summed E-state index contributed by atoms with van der Waals surface area (Å²) in [6.45, 7) is 10.8. The number of hydrogen-bond donors (Lipinski definition) is 3. The summed E-state index contributed by atoms with van der Waals surface area (Å²) < 4.78 is 17.0. The van der Waals surface area contributed by atoms with Gasteiger partial charge in [-0.1, -0.05) is 20.8 Å². The number of amides is 2. The van der Waals surface area contributed by atoms with Crippen molar-refractivity contribution in [3.63, 3.8) is 0 Å². The predicted molar refractivity (Wildman–Crippen MR) is 120 cm³/mol. The molecule has 0 saturated carbocycles. The fourth-order valence-electron chi connectivity index (χ4n) is 3.42. The van der Waals surface area contributed by atoms with Gasteiger partial charge in [0.25, 0.3) is 5.91 Å². The van der Waals surface area contributed by atoms with E-state index in [1.807, 2.05) is 0 Å². The molecule has 1 aromatic rings. The van der Waals surface area contributed by atoms with E-state index < -0.39 is 26.4 Å². The van der Waals surface area contributed by atoms with E-state index in [1.165, 1.54) is 26.4 Å². The van der Waals surface area contributed by atoms with E-state index in [-0.39, 0.29) is 29.0 Å². The third kappa shape index (κ3) is 5.31. The minimum atomic E-state index is -2.11. The Kier molecular flexibility index (Phi) is 7.61. The molecule has 2 rings (SSSR count). The summed E-state index contributed by atoms with van der Waals surface area (Å²) in [5.74, 6) is 0.183. The second-order valence-electron chi connectivity index (χ2n) is 9.14. The van der Waals surface area contributed by atoms with Gasteiger partial charge in [-0.25, -0.2) is 4.79 Å². The smallest absolute Gasteiger partial charge is 0.409 e. The molecule has 1 fully saturated rings. The van der Waals surface area contributed by atoms with Crippen LogP contribution in [0.25, 0.3) is 0 Å². The van der Waals surface area contributed by atoms with Crippen LogP contribution in [-0.4, -0.2) is 74.9 Å². The molecule has 0 bridgehead atoms. The van der Waals surface area contributed by atoms with Gasteiger partial charge in [0.2, 0.25) is 0 Å². The molecule has 1 aliphatic heterocycles. The first kappa shape index (κ1) is 25.0. The van der Waals surface area contributed by atoms with Crippen molar-refractivity contribution in [1.29, 1.82) is 0 Å². The standard InChI is InChI=1S/C21H34N2O7Si/c1-21(2,3)31(6,7)30-16-8-9-23(15(16)12-24)19(25)13-10-17(28-4)18(29-5)11-14(13)22-20(26)27/h10-11,15-16,22,24H,8-9,12H2,1-7H3,(H,26,27)/t15-,16+/m1/s1. The minimum Gasteiger partial charge on any atom is -0.493 e. The molecule has 1 aliphatic rings. The molecule has 0 aliphatic carbocycles. The number of hydrogen-bond acceptors (Lipinski definition) is 6. The zero-order valence-corrected chi connectivity index (χ0v) is 20.3. The van der Waals surface area contributed by atoms with Gasteiger partial charge in [-0.05, 0) is 30.6 Å². The molecule has 3 N–H and O–H groups in total. The van der Waals surface area contributed by atoms with E-state index >= 15 is 0 Å². The van der Waals surface area contributed by atoms with Crippen molar-refractivity contribution < 1.29 is 33.7 Å². The normalized spacial score (nSPS) is 19.3. The van der Waals surface area contributed by atoms with E-state index in [9.17, 15) is 19.8 Å². The van der Waals surface area contributed by atoms with E-state index in [0.717, 1.165) is 0 Å². The van der Waals surface area contributed by atoms with Crippen molar-refractivity contribution in [2.75, 3.05) is 32.7 Å². The van der Waals surface area contributed by atoms with Crippen molar-refractivity contribution in [3.05, 3.63) is 17.7 Å². The summed E-state index contributed by atoms with van der Waals surface area (Å²) in [6.07, 6.45) is -0.996. The van der Waals surface area contributed by atoms with Crippen LogP contribution in [0.4, 0.5) is 10.5 Å². The van der Waals surface area contributed by atoms with Gasteiger partial charge in [0.15, 0.2) is 19.8 Å². The van der Waals surface area contributed by atoms with Crippen LogP contribution in [0.3, 0.4) is 0 Å².